The number of pyridine rings is 1. The van der Waals surface area contributed by atoms with E-state index in [0.29, 0.717) is 17.3 Å². The topological polar surface area (TPSA) is 80.3 Å². The molecule has 1 aromatic carbocycles. The van der Waals surface area contributed by atoms with Crippen LogP contribution >= 0.6 is 0 Å². The van der Waals surface area contributed by atoms with Crippen molar-refractivity contribution in [1.29, 1.82) is 0 Å². The molecule has 0 saturated heterocycles. The van der Waals surface area contributed by atoms with E-state index in [1.54, 1.807) is 24.3 Å². The summed E-state index contributed by atoms with van der Waals surface area (Å²) >= 11 is 0. The first-order valence-electron chi connectivity index (χ1n) is 6.92. The number of methoxy groups -OCH3 is 1. The van der Waals surface area contributed by atoms with E-state index in [2.05, 4.69) is 21.9 Å². The monoisotopic (exact) mass is 321 g/mol. The molecule has 2 N–H and O–H groups in total. The Balaban J connectivity index is 2.10. The number of sulfonamides is 1. The molecule has 0 bridgehead atoms. The van der Waals surface area contributed by atoms with Gasteiger partial charge in [-0.2, -0.15) is 0 Å². The molecule has 0 unspecified atom stereocenters. The fourth-order valence-corrected chi connectivity index (χ4v) is 2.82. The minimum Gasteiger partial charge on any atom is -0.497 e. The summed E-state index contributed by atoms with van der Waals surface area (Å²) in [4.78, 5) is 4.33. The lowest BCUT2D eigenvalue weighted by Gasteiger charge is -2.09. The Morgan fingerprint density at radius 1 is 1.14 bits per heavy atom. The molecule has 0 fully saturated rings. The molecule has 2 rings (SSSR count). The van der Waals surface area contributed by atoms with Gasteiger partial charge in [0.2, 0.25) is 0 Å². The molecule has 6 nitrogen and oxygen atoms in total. The molecule has 7 heteroatoms. The van der Waals surface area contributed by atoms with Crippen LogP contribution in [0.5, 0.6) is 5.75 Å². The van der Waals surface area contributed by atoms with Crippen molar-refractivity contribution in [2.45, 2.75) is 18.2 Å². The maximum absolute atomic E-state index is 12.3. The Labute approximate surface area is 130 Å². The van der Waals surface area contributed by atoms with Gasteiger partial charge in [0.05, 0.1) is 23.9 Å². The highest BCUT2D eigenvalue weighted by molar-refractivity contribution is 7.92. The molecular formula is C15H19N3O3S. The van der Waals surface area contributed by atoms with Gasteiger partial charge in [-0.15, -0.1) is 0 Å². The molecule has 1 aromatic heterocycles. The van der Waals surface area contributed by atoms with Crippen molar-refractivity contribution in [2.75, 3.05) is 23.7 Å². The molecule has 2 aromatic rings. The van der Waals surface area contributed by atoms with Crippen molar-refractivity contribution < 1.29 is 13.2 Å². The van der Waals surface area contributed by atoms with Crippen LogP contribution in [0.15, 0.2) is 47.5 Å². The smallest absolute Gasteiger partial charge is 0.261 e. The Kier molecular flexibility index (Phi) is 5.21. The van der Waals surface area contributed by atoms with E-state index in [1.165, 1.54) is 25.4 Å². The van der Waals surface area contributed by atoms with E-state index >= 15 is 0 Å². The van der Waals surface area contributed by atoms with E-state index in [-0.39, 0.29) is 4.90 Å². The summed E-state index contributed by atoms with van der Waals surface area (Å²) in [7, 11) is -2.10. The first-order valence-corrected chi connectivity index (χ1v) is 8.40. The van der Waals surface area contributed by atoms with Crippen molar-refractivity contribution in [1.82, 2.24) is 4.98 Å². The molecule has 1 heterocycles. The molecular weight excluding hydrogens is 302 g/mol. The first-order chi connectivity index (χ1) is 10.5. The van der Waals surface area contributed by atoms with Crippen molar-refractivity contribution >= 4 is 21.5 Å². The summed E-state index contributed by atoms with van der Waals surface area (Å²) in [5.74, 6) is 1.32. The zero-order valence-electron chi connectivity index (χ0n) is 12.5. The number of rotatable bonds is 7. The SMILES string of the molecule is CCCNc1ccc(NS(=O)(=O)c2ccc(OC)cc2)cn1. The zero-order valence-corrected chi connectivity index (χ0v) is 13.4. The fraction of sp³-hybridized carbons (Fsp3) is 0.267. The number of ether oxygens (including phenoxy) is 1. The largest absolute Gasteiger partial charge is 0.497 e. The fourth-order valence-electron chi connectivity index (χ4n) is 1.78. The summed E-state index contributed by atoms with van der Waals surface area (Å²) in [6.45, 7) is 2.88. The van der Waals surface area contributed by atoms with E-state index in [9.17, 15) is 8.42 Å². The summed E-state index contributed by atoms with van der Waals surface area (Å²) < 4.78 is 32.0. The van der Waals surface area contributed by atoms with Gasteiger partial charge in [-0.05, 0) is 42.8 Å². The number of anilines is 2. The standard InChI is InChI=1S/C15H19N3O3S/c1-3-10-16-15-9-4-12(11-17-15)18-22(19,20)14-7-5-13(21-2)6-8-14/h4-9,11,18H,3,10H2,1-2H3,(H,16,17). The van der Waals surface area contributed by atoms with E-state index in [1.807, 2.05) is 0 Å². The Morgan fingerprint density at radius 2 is 1.86 bits per heavy atom. The molecule has 0 aliphatic heterocycles. The van der Waals surface area contributed by atoms with E-state index in [4.69, 9.17) is 4.74 Å². The maximum atomic E-state index is 12.3. The highest BCUT2D eigenvalue weighted by Gasteiger charge is 2.14. The molecule has 0 aliphatic carbocycles. The second-order valence-corrected chi connectivity index (χ2v) is 6.32. The van der Waals surface area contributed by atoms with Crippen LogP contribution in [-0.4, -0.2) is 27.1 Å². The average Bonchev–Trinajstić information content (AvgIpc) is 2.54. The lowest BCUT2D eigenvalue weighted by Crippen LogP contribution is -2.13. The number of benzene rings is 1. The Morgan fingerprint density at radius 3 is 2.41 bits per heavy atom. The van der Waals surface area contributed by atoms with Crippen LogP contribution in [0.3, 0.4) is 0 Å². The van der Waals surface area contributed by atoms with Crippen LogP contribution in [0.1, 0.15) is 13.3 Å². The number of hydrogen-bond acceptors (Lipinski definition) is 5. The molecule has 118 valence electrons. The van der Waals surface area contributed by atoms with E-state index in [0.717, 1.165) is 13.0 Å². The number of aromatic nitrogens is 1. The van der Waals surface area contributed by atoms with Gasteiger partial charge in [-0.25, -0.2) is 13.4 Å². The molecule has 0 aliphatic rings. The normalized spacial score (nSPS) is 11.0. The van der Waals surface area contributed by atoms with Gasteiger partial charge in [-0.1, -0.05) is 6.92 Å². The number of nitrogens with zero attached hydrogens (tertiary/aromatic N) is 1. The Hall–Kier alpha value is -2.28. The second-order valence-electron chi connectivity index (χ2n) is 4.64. The Bertz CT molecular complexity index is 698. The quantitative estimate of drug-likeness (QED) is 0.819. The maximum Gasteiger partial charge on any atom is 0.261 e. The molecule has 0 atom stereocenters. The third kappa shape index (κ3) is 4.11. The van der Waals surface area contributed by atoms with Crippen molar-refractivity contribution in [2.24, 2.45) is 0 Å². The van der Waals surface area contributed by atoms with Crippen molar-refractivity contribution in [3.05, 3.63) is 42.6 Å². The van der Waals surface area contributed by atoms with Gasteiger partial charge >= 0.3 is 0 Å². The molecule has 0 radical (unpaired) electrons. The summed E-state index contributed by atoms with van der Waals surface area (Å²) in [5, 5.41) is 3.13. The van der Waals surface area contributed by atoms with Crippen LogP contribution in [0.25, 0.3) is 0 Å². The minimum atomic E-state index is -3.63. The van der Waals surface area contributed by atoms with E-state index < -0.39 is 10.0 Å². The predicted molar refractivity (Wildman–Crippen MR) is 86.8 cm³/mol. The first kappa shape index (κ1) is 16.1. The van der Waals surface area contributed by atoms with Gasteiger partial charge in [0, 0.05) is 6.54 Å². The molecule has 0 saturated carbocycles. The van der Waals surface area contributed by atoms with Gasteiger partial charge < -0.3 is 10.1 Å². The van der Waals surface area contributed by atoms with Crippen LogP contribution in [0, 0.1) is 0 Å². The molecule has 0 amide bonds. The lowest BCUT2D eigenvalue weighted by atomic mass is 10.3. The van der Waals surface area contributed by atoms with Crippen LogP contribution < -0.4 is 14.8 Å². The van der Waals surface area contributed by atoms with Crippen LogP contribution in [0.4, 0.5) is 11.5 Å². The summed E-state index contributed by atoms with van der Waals surface area (Å²) in [6, 6.07) is 9.60. The predicted octanol–water partition coefficient (Wildman–Crippen LogP) is 2.71. The van der Waals surface area contributed by atoms with Crippen LogP contribution in [-0.2, 0) is 10.0 Å². The van der Waals surface area contributed by atoms with Gasteiger partial charge in [0.1, 0.15) is 11.6 Å². The van der Waals surface area contributed by atoms with Gasteiger partial charge in [0.15, 0.2) is 0 Å². The molecule has 0 spiro atoms. The third-order valence-electron chi connectivity index (χ3n) is 2.94. The van der Waals surface area contributed by atoms with Gasteiger partial charge in [-0.3, -0.25) is 4.72 Å². The average molecular weight is 321 g/mol. The number of hydrogen-bond donors (Lipinski definition) is 2. The lowest BCUT2D eigenvalue weighted by molar-refractivity contribution is 0.414. The highest BCUT2D eigenvalue weighted by atomic mass is 32.2. The highest BCUT2D eigenvalue weighted by Crippen LogP contribution is 2.19. The molecule has 22 heavy (non-hydrogen) atoms. The van der Waals surface area contributed by atoms with Gasteiger partial charge in [0.25, 0.3) is 10.0 Å². The summed E-state index contributed by atoms with van der Waals surface area (Å²) in [5.41, 5.74) is 0.415. The number of nitrogens with one attached hydrogen (secondary N) is 2. The third-order valence-corrected chi connectivity index (χ3v) is 4.34. The van der Waals surface area contributed by atoms with Crippen molar-refractivity contribution in [3.63, 3.8) is 0 Å². The second kappa shape index (κ2) is 7.13. The van der Waals surface area contributed by atoms with Crippen LogP contribution in [0.2, 0.25) is 0 Å². The summed E-state index contributed by atoms with van der Waals surface area (Å²) in [6.07, 6.45) is 2.48. The zero-order chi connectivity index (χ0) is 16.0. The van der Waals surface area contributed by atoms with Crippen molar-refractivity contribution in [3.8, 4) is 5.75 Å². The minimum absolute atomic E-state index is 0.168.